The van der Waals surface area contributed by atoms with Gasteiger partial charge in [-0.2, -0.15) is 0 Å². The average Bonchev–Trinajstić information content (AvgIpc) is 3.07. The maximum Gasteiger partial charge on any atom is 0.328 e. The molecule has 2 aromatic heterocycles. The fourth-order valence-corrected chi connectivity index (χ4v) is 3.52. The number of ether oxygens (including phenoxy) is 2. The van der Waals surface area contributed by atoms with E-state index in [1.165, 1.54) is 29.3 Å². The van der Waals surface area contributed by atoms with Crippen molar-refractivity contribution < 1.29 is 14.3 Å². The second-order valence-electron chi connectivity index (χ2n) is 5.44. The van der Waals surface area contributed by atoms with E-state index in [4.69, 9.17) is 9.47 Å². The highest BCUT2D eigenvalue weighted by atomic mass is 32.1. The highest BCUT2D eigenvalue weighted by molar-refractivity contribution is 7.17. The van der Waals surface area contributed by atoms with Gasteiger partial charge in [0.15, 0.2) is 0 Å². The van der Waals surface area contributed by atoms with Crippen LogP contribution in [0.2, 0.25) is 0 Å². The first-order valence-electron chi connectivity index (χ1n) is 7.86. The summed E-state index contributed by atoms with van der Waals surface area (Å²) in [6.45, 7) is 4.14. The largest absolute Gasteiger partial charge is 0.494 e. The van der Waals surface area contributed by atoms with Gasteiger partial charge >= 0.3 is 5.97 Å². The van der Waals surface area contributed by atoms with Crippen LogP contribution in [0.5, 0.6) is 5.75 Å². The predicted octanol–water partition coefficient (Wildman–Crippen LogP) is 3.26. The third-order valence-electron chi connectivity index (χ3n) is 3.96. The van der Waals surface area contributed by atoms with Gasteiger partial charge in [0.05, 0.1) is 25.4 Å². The molecule has 3 rings (SSSR count). The van der Waals surface area contributed by atoms with Crippen molar-refractivity contribution in [1.29, 1.82) is 0 Å². The van der Waals surface area contributed by atoms with Crippen molar-refractivity contribution >= 4 is 27.5 Å². The number of nitrogens with zero attached hydrogens (tertiary/aromatic N) is 2. The molecule has 0 saturated carbocycles. The van der Waals surface area contributed by atoms with Crippen LogP contribution in [0.15, 0.2) is 40.8 Å². The van der Waals surface area contributed by atoms with Crippen LogP contribution in [0.1, 0.15) is 19.9 Å². The Morgan fingerprint density at radius 3 is 2.68 bits per heavy atom. The van der Waals surface area contributed by atoms with Crippen LogP contribution in [0.25, 0.3) is 21.3 Å². The third kappa shape index (κ3) is 3.15. The first-order chi connectivity index (χ1) is 12.1. The molecule has 0 radical (unpaired) electrons. The van der Waals surface area contributed by atoms with Gasteiger partial charge in [0.2, 0.25) is 0 Å². The van der Waals surface area contributed by atoms with E-state index in [0.29, 0.717) is 16.8 Å². The van der Waals surface area contributed by atoms with Gasteiger partial charge in [0.25, 0.3) is 5.56 Å². The van der Waals surface area contributed by atoms with Crippen molar-refractivity contribution in [1.82, 2.24) is 9.55 Å². The number of carbonyl (C=O) groups excluding carboxylic acids is 1. The Morgan fingerprint density at radius 2 is 2.04 bits per heavy atom. The molecule has 25 heavy (non-hydrogen) atoms. The minimum Gasteiger partial charge on any atom is -0.494 e. The monoisotopic (exact) mass is 358 g/mol. The molecule has 0 fully saturated rings. The maximum absolute atomic E-state index is 12.9. The molecule has 1 aromatic carbocycles. The molecule has 0 bridgehead atoms. The summed E-state index contributed by atoms with van der Waals surface area (Å²) in [5.74, 6) is 0.293. The van der Waals surface area contributed by atoms with Crippen molar-refractivity contribution in [3.63, 3.8) is 0 Å². The number of carbonyl (C=O) groups is 1. The number of fused-ring (bicyclic) bond motifs is 1. The summed E-state index contributed by atoms with van der Waals surface area (Å²) in [6, 6.07) is 6.82. The first kappa shape index (κ1) is 17.2. The van der Waals surface area contributed by atoms with Gasteiger partial charge in [0.1, 0.15) is 16.6 Å². The Labute approximate surface area is 148 Å². The molecule has 2 heterocycles. The quantitative estimate of drug-likeness (QED) is 0.655. The molecule has 0 saturated heterocycles. The minimum absolute atomic E-state index is 0.256. The van der Waals surface area contributed by atoms with Gasteiger partial charge in [-0.05, 0) is 31.5 Å². The summed E-state index contributed by atoms with van der Waals surface area (Å²) in [4.78, 5) is 29.6. The smallest absolute Gasteiger partial charge is 0.328 e. The van der Waals surface area contributed by atoms with E-state index >= 15 is 0 Å². The van der Waals surface area contributed by atoms with Crippen molar-refractivity contribution in [2.75, 3.05) is 13.7 Å². The summed E-state index contributed by atoms with van der Waals surface area (Å²) in [6.07, 6.45) is 1.39. The fourth-order valence-electron chi connectivity index (χ4n) is 2.62. The summed E-state index contributed by atoms with van der Waals surface area (Å²) < 4.78 is 11.5. The zero-order chi connectivity index (χ0) is 18.0. The van der Waals surface area contributed by atoms with Gasteiger partial charge in [-0.25, -0.2) is 9.78 Å². The number of methoxy groups -OCH3 is 1. The normalized spacial score (nSPS) is 12.1. The summed E-state index contributed by atoms with van der Waals surface area (Å²) >= 11 is 1.40. The number of thiophene rings is 1. The molecule has 0 aliphatic heterocycles. The number of esters is 1. The fraction of sp³-hybridized carbons (Fsp3) is 0.278. The van der Waals surface area contributed by atoms with Gasteiger partial charge in [-0.3, -0.25) is 9.36 Å². The lowest BCUT2D eigenvalue weighted by Crippen LogP contribution is -2.29. The van der Waals surface area contributed by atoms with E-state index < -0.39 is 12.0 Å². The van der Waals surface area contributed by atoms with Gasteiger partial charge in [0, 0.05) is 10.9 Å². The van der Waals surface area contributed by atoms with Crippen LogP contribution >= 0.6 is 11.3 Å². The second kappa shape index (κ2) is 7.06. The number of aromatic nitrogens is 2. The van der Waals surface area contributed by atoms with Gasteiger partial charge < -0.3 is 9.47 Å². The van der Waals surface area contributed by atoms with Crippen LogP contribution in [0.3, 0.4) is 0 Å². The highest BCUT2D eigenvalue weighted by Crippen LogP contribution is 2.31. The molecule has 0 aliphatic carbocycles. The van der Waals surface area contributed by atoms with Crippen molar-refractivity contribution in [2.45, 2.75) is 19.9 Å². The Hall–Kier alpha value is -2.67. The summed E-state index contributed by atoms with van der Waals surface area (Å²) in [7, 11) is 1.30. The van der Waals surface area contributed by atoms with Crippen LogP contribution in [-0.4, -0.2) is 29.2 Å². The van der Waals surface area contributed by atoms with E-state index in [-0.39, 0.29) is 5.56 Å². The lowest BCUT2D eigenvalue weighted by Gasteiger charge is -2.12. The molecule has 3 aromatic rings. The maximum atomic E-state index is 12.9. The zero-order valence-electron chi connectivity index (χ0n) is 14.2. The topological polar surface area (TPSA) is 70.4 Å². The predicted molar refractivity (Wildman–Crippen MR) is 97.2 cm³/mol. The first-order valence-corrected chi connectivity index (χ1v) is 8.74. The van der Waals surface area contributed by atoms with Crippen molar-refractivity contribution in [3.8, 4) is 16.9 Å². The highest BCUT2D eigenvalue weighted by Gasteiger charge is 2.20. The van der Waals surface area contributed by atoms with E-state index in [0.717, 1.165) is 16.9 Å². The van der Waals surface area contributed by atoms with E-state index in [1.807, 2.05) is 36.6 Å². The Bertz CT molecular complexity index is 959. The molecule has 7 heteroatoms. The molecule has 0 N–H and O–H groups in total. The van der Waals surface area contributed by atoms with Crippen LogP contribution < -0.4 is 10.3 Å². The molecule has 130 valence electrons. The second-order valence-corrected chi connectivity index (χ2v) is 6.30. The molecular weight excluding hydrogens is 340 g/mol. The van der Waals surface area contributed by atoms with E-state index in [1.54, 1.807) is 6.92 Å². The molecule has 6 nitrogen and oxygen atoms in total. The molecular formula is C18H18N2O4S. The van der Waals surface area contributed by atoms with Crippen LogP contribution in [0.4, 0.5) is 0 Å². The number of rotatable bonds is 5. The van der Waals surface area contributed by atoms with Crippen molar-refractivity contribution in [3.05, 3.63) is 46.3 Å². The molecule has 0 spiro atoms. The standard InChI is InChI=1S/C18H18N2O4S/c1-4-24-13-7-5-12(6-8-13)14-9-25-16-15(14)17(21)20(10-19-16)11(2)18(22)23-3/h5-11H,4H2,1-3H3. The van der Waals surface area contributed by atoms with E-state index in [2.05, 4.69) is 4.98 Å². The van der Waals surface area contributed by atoms with Gasteiger partial charge in [-0.15, -0.1) is 11.3 Å². The SMILES string of the molecule is CCOc1ccc(-c2csc3ncn(C(C)C(=O)OC)c(=O)c23)cc1. The molecule has 1 atom stereocenters. The third-order valence-corrected chi connectivity index (χ3v) is 4.84. The Balaban J connectivity index is 2.11. The van der Waals surface area contributed by atoms with E-state index in [9.17, 15) is 9.59 Å². The van der Waals surface area contributed by atoms with Crippen molar-refractivity contribution in [2.24, 2.45) is 0 Å². The Morgan fingerprint density at radius 1 is 1.32 bits per heavy atom. The van der Waals surface area contributed by atoms with Gasteiger partial charge in [-0.1, -0.05) is 12.1 Å². The Kier molecular flexibility index (Phi) is 4.85. The lowest BCUT2D eigenvalue weighted by atomic mass is 10.1. The summed E-state index contributed by atoms with van der Waals surface area (Å²) in [5, 5.41) is 2.41. The lowest BCUT2D eigenvalue weighted by molar-refractivity contribution is -0.144. The number of benzene rings is 1. The van der Waals surface area contributed by atoms with Crippen LogP contribution in [-0.2, 0) is 9.53 Å². The summed E-state index contributed by atoms with van der Waals surface area (Å²) in [5.41, 5.74) is 1.44. The zero-order valence-corrected chi connectivity index (χ0v) is 15.0. The molecule has 1 unspecified atom stereocenters. The number of hydrogen-bond donors (Lipinski definition) is 0. The van der Waals surface area contributed by atoms with Crippen LogP contribution in [0, 0.1) is 0 Å². The minimum atomic E-state index is -0.734. The number of hydrogen-bond acceptors (Lipinski definition) is 6. The average molecular weight is 358 g/mol. The molecule has 0 aliphatic rings. The molecule has 0 amide bonds.